The summed E-state index contributed by atoms with van der Waals surface area (Å²) in [6, 6.07) is 1.70. The average molecular weight is 306 g/mol. The van der Waals surface area contributed by atoms with Crippen molar-refractivity contribution in [2.75, 3.05) is 13.6 Å². The number of thiazole rings is 1. The topological polar surface area (TPSA) is 96.3 Å². The Morgan fingerprint density at radius 2 is 2.00 bits per heavy atom. The van der Waals surface area contributed by atoms with Gasteiger partial charge in [-0.1, -0.05) is 0 Å². The molecule has 0 aliphatic carbocycles. The van der Waals surface area contributed by atoms with Crippen molar-refractivity contribution < 1.29 is 14.7 Å². The smallest absolute Gasteiger partial charge is 0.305 e. The summed E-state index contributed by atoms with van der Waals surface area (Å²) in [7, 11) is 1.57. The molecule has 0 aliphatic heterocycles. The van der Waals surface area contributed by atoms with Crippen LogP contribution in [0.3, 0.4) is 0 Å². The van der Waals surface area contributed by atoms with Crippen LogP contribution in [0.4, 0.5) is 0 Å². The minimum atomic E-state index is -0.936. The van der Waals surface area contributed by atoms with Crippen LogP contribution in [0.1, 0.15) is 21.8 Å². The second kappa shape index (κ2) is 6.40. The zero-order valence-corrected chi connectivity index (χ0v) is 12.4. The van der Waals surface area contributed by atoms with Gasteiger partial charge in [0.15, 0.2) is 10.8 Å². The molecule has 1 N–H and O–H groups in total. The van der Waals surface area contributed by atoms with Gasteiger partial charge in [0.1, 0.15) is 4.88 Å². The highest BCUT2D eigenvalue weighted by Gasteiger charge is 2.20. The zero-order chi connectivity index (χ0) is 15.4. The quantitative estimate of drug-likeness (QED) is 0.898. The molecule has 0 saturated heterocycles. The maximum absolute atomic E-state index is 12.3. The largest absolute Gasteiger partial charge is 0.481 e. The fourth-order valence-corrected chi connectivity index (χ4v) is 2.65. The Morgan fingerprint density at radius 1 is 1.33 bits per heavy atom. The number of carboxylic acids is 1. The van der Waals surface area contributed by atoms with Crippen LogP contribution in [-0.4, -0.2) is 50.4 Å². The number of aryl methyl sites for hydroxylation is 1. The van der Waals surface area contributed by atoms with Gasteiger partial charge in [-0.05, 0) is 13.0 Å². The molecule has 0 spiro atoms. The summed E-state index contributed by atoms with van der Waals surface area (Å²) >= 11 is 1.21. The first kappa shape index (κ1) is 15.0. The molecule has 0 radical (unpaired) electrons. The first-order valence-electron chi connectivity index (χ1n) is 6.21. The number of hydrogen-bond acceptors (Lipinski definition) is 6. The van der Waals surface area contributed by atoms with Crippen molar-refractivity contribution in [2.24, 2.45) is 0 Å². The average Bonchev–Trinajstić information content (AvgIpc) is 2.86. The Bertz CT molecular complexity index is 657. The van der Waals surface area contributed by atoms with Crippen molar-refractivity contribution >= 4 is 23.2 Å². The van der Waals surface area contributed by atoms with Crippen LogP contribution in [0, 0.1) is 6.92 Å². The van der Waals surface area contributed by atoms with Crippen LogP contribution in [0.15, 0.2) is 18.5 Å². The Labute approximate surface area is 125 Å². The summed E-state index contributed by atoms with van der Waals surface area (Å²) < 4.78 is 0. The Kier molecular flexibility index (Phi) is 4.59. The number of aromatic nitrogens is 3. The molecule has 0 aliphatic rings. The maximum atomic E-state index is 12.3. The molecule has 0 aromatic carbocycles. The molecule has 0 unspecified atom stereocenters. The molecule has 2 heterocycles. The molecule has 21 heavy (non-hydrogen) atoms. The van der Waals surface area contributed by atoms with E-state index in [-0.39, 0.29) is 18.9 Å². The molecular formula is C13H14N4O3S. The van der Waals surface area contributed by atoms with Gasteiger partial charge in [-0.2, -0.15) is 0 Å². The molecule has 0 atom stereocenters. The van der Waals surface area contributed by atoms with E-state index in [2.05, 4.69) is 15.0 Å². The van der Waals surface area contributed by atoms with Crippen LogP contribution in [0.25, 0.3) is 10.8 Å². The van der Waals surface area contributed by atoms with E-state index in [4.69, 9.17) is 5.11 Å². The number of aliphatic carboxylic acids is 1. The van der Waals surface area contributed by atoms with Crippen LogP contribution in [-0.2, 0) is 4.79 Å². The second-order valence-corrected chi connectivity index (χ2v) is 5.38. The molecule has 110 valence electrons. The van der Waals surface area contributed by atoms with Gasteiger partial charge >= 0.3 is 5.97 Å². The van der Waals surface area contributed by atoms with E-state index in [1.165, 1.54) is 16.2 Å². The van der Waals surface area contributed by atoms with Gasteiger partial charge in [0.2, 0.25) is 0 Å². The zero-order valence-electron chi connectivity index (χ0n) is 11.6. The SMILES string of the molecule is Cc1nc(-c2ncccn2)sc1C(=O)N(C)CCC(=O)O. The standard InChI is InChI=1S/C13H14N4O3S/c1-8-10(13(20)17(2)7-4-9(18)19)21-12(16-8)11-14-5-3-6-15-11/h3,5-6H,4,7H2,1-2H3,(H,18,19). The van der Waals surface area contributed by atoms with Crippen molar-refractivity contribution in [3.63, 3.8) is 0 Å². The number of nitrogens with zero attached hydrogens (tertiary/aromatic N) is 4. The maximum Gasteiger partial charge on any atom is 0.305 e. The van der Waals surface area contributed by atoms with Crippen LogP contribution < -0.4 is 0 Å². The number of rotatable bonds is 5. The number of hydrogen-bond donors (Lipinski definition) is 1. The predicted octanol–water partition coefficient (Wildman–Crippen LogP) is 1.46. The Morgan fingerprint density at radius 3 is 2.62 bits per heavy atom. The molecule has 7 nitrogen and oxygen atoms in total. The summed E-state index contributed by atoms with van der Waals surface area (Å²) in [4.78, 5) is 37.2. The number of amides is 1. The molecule has 0 saturated carbocycles. The van der Waals surface area contributed by atoms with Gasteiger partial charge in [-0.3, -0.25) is 9.59 Å². The van der Waals surface area contributed by atoms with E-state index < -0.39 is 5.97 Å². The molecule has 0 bridgehead atoms. The van der Waals surface area contributed by atoms with E-state index >= 15 is 0 Å². The third-order valence-corrected chi connectivity index (χ3v) is 3.90. The number of carbonyl (C=O) groups excluding carboxylic acids is 1. The highest BCUT2D eigenvalue weighted by atomic mass is 32.1. The molecule has 2 rings (SSSR count). The highest BCUT2D eigenvalue weighted by Crippen LogP contribution is 2.26. The molecule has 8 heteroatoms. The van der Waals surface area contributed by atoms with Gasteiger partial charge in [0.05, 0.1) is 12.1 Å². The van der Waals surface area contributed by atoms with Gasteiger partial charge in [-0.25, -0.2) is 15.0 Å². The van der Waals surface area contributed by atoms with Crippen molar-refractivity contribution in [1.29, 1.82) is 0 Å². The second-order valence-electron chi connectivity index (χ2n) is 4.38. The fourth-order valence-electron chi connectivity index (χ4n) is 1.64. The van der Waals surface area contributed by atoms with Crippen LogP contribution in [0.5, 0.6) is 0 Å². The molecular weight excluding hydrogens is 292 g/mol. The number of carbonyl (C=O) groups is 2. The third-order valence-electron chi connectivity index (χ3n) is 2.76. The van der Waals surface area contributed by atoms with Gasteiger partial charge in [-0.15, -0.1) is 11.3 Å². The van der Waals surface area contributed by atoms with E-state index in [1.54, 1.807) is 32.4 Å². The van der Waals surface area contributed by atoms with Crippen LogP contribution >= 0.6 is 11.3 Å². The highest BCUT2D eigenvalue weighted by molar-refractivity contribution is 7.17. The monoisotopic (exact) mass is 306 g/mol. The van der Waals surface area contributed by atoms with Gasteiger partial charge in [0, 0.05) is 26.0 Å². The molecule has 2 aromatic heterocycles. The lowest BCUT2D eigenvalue weighted by Crippen LogP contribution is -2.28. The Balaban J connectivity index is 2.19. The first-order valence-corrected chi connectivity index (χ1v) is 7.02. The Hall–Kier alpha value is -2.35. The van der Waals surface area contributed by atoms with Crippen molar-refractivity contribution in [2.45, 2.75) is 13.3 Å². The van der Waals surface area contributed by atoms with Gasteiger partial charge < -0.3 is 10.0 Å². The summed E-state index contributed by atoms with van der Waals surface area (Å²) in [5, 5.41) is 9.23. The third kappa shape index (κ3) is 3.60. The summed E-state index contributed by atoms with van der Waals surface area (Å²) in [6.07, 6.45) is 3.13. The van der Waals surface area contributed by atoms with E-state index in [9.17, 15) is 9.59 Å². The molecule has 0 fully saturated rings. The first-order chi connectivity index (χ1) is 9.99. The van der Waals surface area contributed by atoms with E-state index in [0.717, 1.165) is 0 Å². The lowest BCUT2D eigenvalue weighted by molar-refractivity contribution is -0.137. The van der Waals surface area contributed by atoms with Gasteiger partial charge in [0.25, 0.3) is 5.91 Å². The fraction of sp³-hybridized carbons (Fsp3) is 0.308. The molecule has 2 aromatic rings. The minimum Gasteiger partial charge on any atom is -0.481 e. The lowest BCUT2D eigenvalue weighted by Gasteiger charge is -2.14. The van der Waals surface area contributed by atoms with E-state index in [0.29, 0.717) is 21.4 Å². The minimum absolute atomic E-state index is 0.0885. The summed E-state index contributed by atoms with van der Waals surface area (Å²) in [6.45, 7) is 1.89. The van der Waals surface area contributed by atoms with E-state index in [1.807, 2.05) is 0 Å². The summed E-state index contributed by atoms with van der Waals surface area (Å²) in [5.74, 6) is -0.708. The van der Waals surface area contributed by atoms with Crippen molar-refractivity contribution in [3.8, 4) is 10.8 Å². The predicted molar refractivity (Wildman–Crippen MR) is 77.1 cm³/mol. The number of carboxylic acid groups (broad SMARTS) is 1. The summed E-state index contributed by atoms with van der Waals surface area (Å²) in [5.41, 5.74) is 0.592. The molecule has 1 amide bonds. The van der Waals surface area contributed by atoms with Crippen LogP contribution in [0.2, 0.25) is 0 Å². The van der Waals surface area contributed by atoms with Crippen molar-refractivity contribution in [1.82, 2.24) is 19.9 Å². The normalized spacial score (nSPS) is 10.4. The lowest BCUT2D eigenvalue weighted by atomic mass is 10.3. The van der Waals surface area contributed by atoms with Crippen molar-refractivity contribution in [3.05, 3.63) is 29.0 Å².